The molecule has 34 heavy (non-hydrogen) atoms. The molecule has 0 atom stereocenters. The summed E-state index contributed by atoms with van der Waals surface area (Å²) in [5, 5.41) is 5.76. The van der Waals surface area contributed by atoms with Gasteiger partial charge < -0.3 is 10.6 Å². The second-order valence-electron chi connectivity index (χ2n) is 8.53. The van der Waals surface area contributed by atoms with Gasteiger partial charge in [-0.25, -0.2) is 0 Å². The summed E-state index contributed by atoms with van der Waals surface area (Å²) in [6.45, 7) is -0.205. The normalized spacial score (nSPS) is 14.6. The van der Waals surface area contributed by atoms with E-state index < -0.39 is 5.54 Å². The Morgan fingerprint density at radius 3 is 1.91 bits per heavy atom. The topological polar surface area (TPSA) is 78.5 Å². The lowest BCUT2D eigenvalue weighted by Gasteiger charge is -2.45. The lowest BCUT2D eigenvalue weighted by molar-refractivity contribution is -0.127. The van der Waals surface area contributed by atoms with Gasteiger partial charge in [0.25, 0.3) is 11.8 Å². The van der Waals surface area contributed by atoms with Crippen molar-refractivity contribution in [1.82, 2.24) is 5.32 Å². The van der Waals surface area contributed by atoms with Gasteiger partial charge in [-0.1, -0.05) is 73.9 Å². The van der Waals surface area contributed by atoms with E-state index in [4.69, 9.17) is 0 Å². The maximum Gasteiger partial charge on any atom is 0.251 e. The van der Waals surface area contributed by atoms with Gasteiger partial charge in [-0.2, -0.15) is 0 Å². The molecule has 0 spiro atoms. The van der Waals surface area contributed by atoms with E-state index in [1.165, 1.54) is 0 Å². The fourth-order valence-electron chi connectivity index (χ4n) is 4.59. The lowest BCUT2D eigenvalue weighted by atomic mass is 9.78. The molecule has 1 saturated carbocycles. The summed E-state index contributed by atoms with van der Waals surface area (Å²) in [5.41, 5.74) is 0.780. The molecule has 0 heterocycles. The Labute approximate surface area is 200 Å². The van der Waals surface area contributed by atoms with Crippen LogP contribution in [0, 0.1) is 0 Å². The molecule has 3 aromatic rings. The highest BCUT2D eigenvalue weighted by molar-refractivity contribution is 6.09. The Kier molecular flexibility index (Phi) is 7.38. The summed E-state index contributed by atoms with van der Waals surface area (Å²) >= 11 is 0. The number of nitrogens with zero attached hydrogens (tertiary/aromatic N) is 1. The minimum absolute atomic E-state index is 0.204. The van der Waals surface area contributed by atoms with E-state index in [1.807, 2.05) is 66.7 Å². The van der Waals surface area contributed by atoms with E-state index in [1.54, 1.807) is 29.2 Å². The van der Waals surface area contributed by atoms with Gasteiger partial charge in [0.2, 0.25) is 5.91 Å². The molecule has 0 unspecified atom stereocenters. The SMILES string of the molecule is O=C(NCC(=O)N(c1ccccc1)C1(C(=O)Nc2ccccc2)CCCCC1)c1ccccc1. The van der Waals surface area contributed by atoms with Crippen molar-refractivity contribution in [2.45, 2.75) is 37.6 Å². The van der Waals surface area contributed by atoms with Crippen LogP contribution >= 0.6 is 0 Å². The van der Waals surface area contributed by atoms with Gasteiger partial charge in [-0.05, 0) is 49.2 Å². The quantitative estimate of drug-likeness (QED) is 0.538. The lowest BCUT2D eigenvalue weighted by Crippen LogP contribution is -2.62. The molecule has 3 aromatic carbocycles. The molecule has 1 aliphatic carbocycles. The third-order valence-electron chi connectivity index (χ3n) is 6.26. The molecular formula is C28H29N3O3. The summed E-state index contributed by atoms with van der Waals surface area (Å²) < 4.78 is 0. The van der Waals surface area contributed by atoms with Gasteiger partial charge in [0, 0.05) is 16.9 Å². The highest BCUT2D eigenvalue weighted by Crippen LogP contribution is 2.38. The van der Waals surface area contributed by atoms with Crippen LogP contribution < -0.4 is 15.5 Å². The maximum absolute atomic E-state index is 13.8. The van der Waals surface area contributed by atoms with Crippen LogP contribution in [0.5, 0.6) is 0 Å². The first-order valence-electron chi connectivity index (χ1n) is 11.7. The molecule has 0 aliphatic heterocycles. The fraction of sp³-hybridized carbons (Fsp3) is 0.250. The van der Waals surface area contributed by atoms with Gasteiger partial charge in [-0.3, -0.25) is 19.3 Å². The summed E-state index contributed by atoms with van der Waals surface area (Å²) in [6, 6.07) is 27.3. The average Bonchev–Trinajstić information content (AvgIpc) is 2.89. The van der Waals surface area contributed by atoms with Gasteiger partial charge >= 0.3 is 0 Å². The average molecular weight is 456 g/mol. The summed E-state index contributed by atoms with van der Waals surface area (Å²) in [7, 11) is 0. The van der Waals surface area contributed by atoms with Gasteiger partial charge in [0.1, 0.15) is 5.54 Å². The predicted molar refractivity (Wildman–Crippen MR) is 134 cm³/mol. The largest absolute Gasteiger partial charge is 0.343 e. The molecule has 3 amide bonds. The highest BCUT2D eigenvalue weighted by atomic mass is 16.2. The highest BCUT2D eigenvalue weighted by Gasteiger charge is 2.47. The number of nitrogens with one attached hydrogen (secondary N) is 2. The molecular weight excluding hydrogens is 426 g/mol. The zero-order valence-electron chi connectivity index (χ0n) is 19.1. The molecule has 4 rings (SSSR count). The molecule has 1 fully saturated rings. The Hall–Kier alpha value is -3.93. The zero-order chi connectivity index (χ0) is 23.8. The zero-order valence-corrected chi connectivity index (χ0v) is 19.1. The monoisotopic (exact) mass is 455 g/mol. The second-order valence-corrected chi connectivity index (χ2v) is 8.53. The number of carbonyl (C=O) groups is 3. The summed E-state index contributed by atoms with van der Waals surface area (Å²) in [6.07, 6.45) is 3.81. The Balaban J connectivity index is 1.64. The Bertz CT molecular complexity index is 1110. The van der Waals surface area contributed by atoms with Crippen LogP contribution in [-0.2, 0) is 9.59 Å². The molecule has 0 radical (unpaired) electrons. The van der Waals surface area contributed by atoms with Crippen LogP contribution in [0.2, 0.25) is 0 Å². The first-order chi connectivity index (χ1) is 16.6. The van der Waals surface area contributed by atoms with E-state index in [-0.39, 0.29) is 24.3 Å². The molecule has 6 nitrogen and oxygen atoms in total. The molecule has 6 heteroatoms. The van der Waals surface area contributed by atoms with Gasteiger partial charge in [0.15, 0.2) is 0 Å². The summed E-state index contributed by atoms with van der Waals surface area (Å²) in [5.74, 6) is -0.848. The van der Waals surface area contributed by atoms with Gasteiger partial charge in [0.05, 0.1) is 6.54 Å². The fourth-order valence-corrected chi connectivity index (χ4v) is 4.59. The van der Waals surface area contributed by atoms with Crippen molar-refractivity contribution in [3.05, 3.63) is 96.6 Å². The minimum atomic E-state index is -1.04. The van der Waals surface area contributed by atoms with Crippen molar-refractivity contribution in [2.24, 2.45) is 0 Å². The van der Waals surface area contributed by atoms with Crippen molar-refractivity contribution in [3.63, 3.8) is 0 Å². The molecule has 2 N–H and O–H groups in total. The van der Waals surface area contributed by atoms with Crippen molar-refractivity contribution in [2.75, 3.05) is 16.8 Å². The van der Waals surface area contributed by atoms with E-state index in [9.17, 15) is 14.4 Å². The molecule has 0 bridgehead atoms. The van der Waals surface area contributed by atoms with Crippen molar-refractivity contribution in [3.8, 4) is 0 Å². The van der Waals surface area contributed by atoms with Crippen LogP contribution in [-0.4, -0.2) is 29.8 Å². The van der Waals surface area contributed by atoms with Crippen LogP contribution in [0.25, 0.3) is 0 Å². The van der Waals surface area contributed by atoms with E-state index in [0.29, 0.717) is 29.8 Å². The Morgan fingerprint density at radius 1 is 0.735 bits per heavy atom. The predicted octanol–water partition coefficient (Wildman–Crippen LogP) is 4.79. The first-order valence-corrected chi connectivity index (χ1v) is 11.7. The maximum atomic E-state index is 13.8. The number of amides is 3. The van der Waals surface area contributed by atoms with E-state index >= 15 is 0 Å². The third-order valence-corrected chi connectivity index (χ3v) is 6.26. The molecule has 0 aromatic heterocycles. The second kappa shape index (κ2) is 10.8. The third kappa shape index (κ3) is 5.17. The number of benzene rings is 3. The molecule has 0 saturated heterocycles. The van der Waals surface area contributed by atoms with E-state index in [0.717, 1.165) is 19.3 Å². The number of para-hydroxylation sites is 2. The van der Waals surface area contributed by atoms with Gasteiger partial charge in [-0.15, -0.1) is 0 Å². The van der Waals surface area contributed by atoms with Crippen LogP contribution in [0.1, 0.15) is 42.5 Å². The summed E-state index contributed by atoms with van der Waals surface area (Å²) in [4.78, 5) is 41.6. The number of rotatable bonds is 7. The number of hydrogen-bond acceptors (Lipinski definition) is 3. The van der Waals surface area contributed by atoms with Crippen LogP contribution in [0.15, 0.2) is 91.0 Å². The smallest absolute Gasteiger partial charge is 0.251 e. The Morgan fingerprint density at radius 2 is 1.29 bits per heavy atom. The number of carbonyl (C=O) groups excluding carboxylic acids is 3. The van der Waals surface area contributed by atoms with Crippen LogP contribution in [0.3, 0.4) is 0 Å². The first kappa shape index (κ1) is 23.2. The van der Waals surface area contributed by atoms with Crippen molar-refractivity contribution < 1.29 is 14.4 Å². The van der Waals surface area contributed by atoms with Crippen molar-refractivity contribution in [1.29, 1.82) is 0 Å². The number of hydrogen-bond donors (Lipinski definition) is 2. The minimum Gasteiger partial charge on any atom is -0.343 e. The van der Waals surface area contributed by atoms with Crippen LogP contribution in [0.4, 0.5) is 11.4 Å². The van der Waals surface area contributed by atoms with E-state index in [2.05, 4.69) is 10.6 Å². The molecule has 174 valence electrons. The van der Waals surface area contributed by atoms with Crippen molar-refractivity contribution >= 4 is 29.1 Å². The standard InChI is InChI=1S/C28H29N3O3/c32-25(21-29-26(33)22-13-5-1-6-14-22)31(24-17-9-3-10-18-24)28(19-11-4-12-20-28)27(34)30-23-15-7-2-8-16-23/h1-3,5-10,13-18H,4,11-12,19-21H2,(H,29,33)(H,30,34). The molecule has 1 aliphatic rings. The number of anilines is 2.